The van der Waals surface area contributed by atoms with Gasteiger partial charge in [0, 0.05) is 12.1 Å². The molecule has 0 atom stereocenters. The quantitative estimate of drug-likeness (QED) is 0.549. The van der Waals surface area contributed by atoms with Crippen molar-refractivity contribution in [2.24, 2.45) is 0 Å². The summed E-state index contributed by atoms with van der Waals surface area (Å²) >= 11 is 0. The maximum Gasteiger partial charge on any atom is 0.270 e. The van der Waals surface area contributed by atoms with E-state index in [1.807, 2.05) is 30.3 Å². The number of rotatable bonds is 2. The van der Waals surface area contributed by atoms with Gasteiger partial charge in [-0.25, -0.2) is 0 Å². The molecule has 3 heteroatoms. The third-order valence-electron chi connectivity index (χ3n) is 2.09. The van der Waals surface area contributed by atoms with E-state index in [1.54, 1.807) is 6.07 Å². The first-order chi connectivity index (χ1) is 7.27. The first-order valence-electron chi connectivity index (χ1n) is 4.49. The zero-order valence-electron chi connectivity index (χ0n) is 7.88. The maximum atomic E-state index is 10.4. The second kappa shape index (κ2) is 3.92. The van der Waals surface area contributed by atoms with Crippen molar-refractivity contribution in [3.63, 3.8) is 0 Å². The van der Waals surface area contributed by atoms with Crippen LogP contribution in [0.3, 0.4) is 0 Å². The van der Waals surface area contributed by atoms with Gasteiger partial charge in [0.1, 0.15) is 0 Å². The Morgan fingerprint density at radius 1 is 1.07 bits per heavy atom. The number of nitro benzene ring substituents is 1. The van der Waals surface area contributed by atoms with Crippen LogP contribution in [0.25, 0.3) is 11.1 Å². The lowest BCUT2D eigenvalue weighted by Crippen LogP contribution is -1.87. The van der Waals surface area contributed by atoms with Crippen LogP contribution in [0.15, 0.2) is 48.5 Å². The van der Waals surface area contributed by atoms with Crippen LogP contribution in [-0.2, 0) is 0 Å². The average molecular weight is 198 g/mol. The van der Waals surface area contributed by atoms with Gasteiger partial charge in [0.2, 0.25) is 0 Å². The van der Waals surface area contributed by atoms with Gasteiger partial charge in [-0.1, -0.05) is 30.3 Å². The van der Waals surface area contributed by atoms with Crippen LogP contribution in [-0.4, -0.2) is 4.92 Å². The minimum absolute atomic E-state index is 0.0645. The minimum atomic E-state index is -0.425. The predicted molar refractivity (Wildman–Crippen MR) is 57.4 cm³/mol. The molecule has 0 heterocycles. The molecule has 2 rings (SSSR count). The topological polar surface area (TPSA) is 43.1 Å². The average Bonchev–Trinajstić information content (AvgIpc) is 2.30. The molecule has 0 spiro atoms. The molecule has 0 aliphatic carbocycles. The lowest BCUT2D eigenvalue weighted by Gasteiger charge is -1.99. The highest BCUT2D eigenvalue weighted by atomic mass is 16.6. The third kappa shape index (κ3) is 2.02. The predicted octanol–water partition coefficient (Wildman–Crippen LogP) is 3.06. The fraction of sp³-hybridized carbons (Fsp3) is 0. The summed E-state index contributed by atoms with van der Waals surface area (Å²) in [6.07, 6.45) is 0. The zero-order chi connectivity index (χ0) is 10.7. The highest BCUT2D eigenvalue weighted by Gasteiger charge is 2.04. The van der Waals surface area contributed by atoms with E-state index in [1.165, 1.54) is 12.1 Å². The van der Waals surface area contributed by atoms with Crippen molar-refractivity contribution in [2.75, 3.05) is 0 Å². The molecule has 0 aliphatic heterocycles. The Bertz CT molecular complexity index is 463. The van der Waals surface area contributed by atoms with Crippen LogP contribution in [0.1, 0.15) is 0 Å². The van der Waals surface area contributed by atoms with Gasteiger partial charge >= 0.3 is 0 Å². The number of hydrogen-bond acceptors (Lipinski definition) is 2. The second-order valence-electron chi connectivity index (χ2n) is 3.08. The Balaban J connectivity index is 2.36. The van der Waals surface area contributed by atoms with Crippen LogP contribution in [0.5, 0.6) is 0 Å². The molecule has 0 aromatic heterocycles. The van der Waals surface area contributed by atoms with Crippen LogP contribution in [0, 0.1) is 16.2 Å². The molecule has 0 fully saturated rings. The van der Waals surface area contributed by atoms with Gasteiger partial charge in [-0.15, -0.1) is 0 Å². The molecule has 2 aromatic rings. The van der Waals surface area contributed by atoms with Gasteiger partial charge < -0.3 is 0 Å². The molecule has 15 heavy (non-hydrogen) atoms. The summed E-state index contributed by atoms with van der Waals surface area (Å²) in [6.45, 7) is 0. The molecule has 73 valence electrons. The summed E-state index contributed by atoms with van der Waals surface area (Å²) in [5.74, 6) is 0. The van der Waals surface area contributed by atoms with Crippen molar-refractivity contribution < 1.29 is 4.92 Å². The first kappa shape index (κ1) is 9.40. The summed E-state index contributed by atoms with van der Waals surface area (Å²) < 4.78 is 0. The molecule has 0 amide bonds. The molecule has 2 aromatic carbocycles. The molecule has 0 unspecified atom stereocenters. The molecule has 1 radical (unpaired) electrons. The highest BCUT2D eigenvalue weighted by molar-refractivity contribution is 5.63. The fourth-order valence-corrected chi connectivity index (χ4v) is 1.33. The van der Waals surface area contributed by atoms with E-state index in [9.17, 15) is 10.1 Å². The van der Waals surface area contributed by atoms with Crippen molar-refractivity contribution in [3.8, 4) is 11.1 Å². The van der Waals surface area contributed by atoms with E-state index in [2.05, 4.69) is 6.07 Å². The van der Waals surface area contributed by atoms with Crippen LogP contribution in [0.2, 0.25) is 0 Å². The number of nitrogens with zero attached hydrogens (tertiary/aromatic N) is 1. The van der Waals surface area contributed by atoms with Gasteiger partial charge in [0.05, 0.1) is 4.92 Å². The summed E-state index contributed by atoms with van der Waals surface area (Å²) in [7, 11) is 0. The van der Waals surface area contributed by atoms with Gasteiger partial charge in [0.15, 0.2) is 0 Å². The normalized spacial score (nSPS) is 9.87. The van der Waals surface area contributed by atoms with Gasteiger partial charge in [-0.3, -0.25) is 10.1 Å². The molecule has 0 saturated carbocycles. The molecule has 3 nitrogen and oxygen atoms in total. The Morgan fingerprint density at radius 2 is 1.80 bits per heavy atom. The first-order valence-corrected chi connectivity index (χ1v) is 4.49. The molecule has 0 bridgehead atoms. The van der Waals surface area contributed by atoms with Crippen LogP contribution >= 0.6 is 0 Å². The van der Waals surface area contributed by atoms with E-state index in [0.29, 0.717) is 0 Å². The van der Waals surface area contributed by atoms with E-state index >= 15 is 0 Å². The van der Waals surface area contributed by atoms with E-state index in [-0.39, 0.29) is 5.69 Å². The molecular weight excluding hydrogens is 190 g/mol. The van der Waals surface area contributed by atoms with Crippen LogP contribution in [0.4, 0.5) is 5.69 Å². The van der Waals surface area contributed by atoms with Crippen molar-refractivity contribution >= 4 is 5.69 Å². The second-order valence-corrected chi connectivity index (χ2v) is 3.08. The molecule has 0 N–H and O–H groups in total. The van der Waals surface area contributed by atoms with Crippen molar-refractivity contribution in [1.29, 1.82) is 0 Å². The van der Waals surface area contributed by atoms with Crippen molar-refractivity contribution in [1.82, 2.24) is 0 Å². The monoisotopic (exact) mass is 198 g/mol. The SMILES string of the molecule is O=[N+]([O-])c1c[c]c(-c2ccccc2)cc1. The smallest absolute Gasteiger partial charge is 0.258 e. The van der Waals surface area contributed by atoms with E-state index in [0.717, 1.165) is 11.1 Å². The Kier molecular flexibility index (Phi) is 2.46. The standard InChI is InChI=1S/C12H8NO2/c14-13(15)12-8-6-11(7-9-12)10-4-2-1-3-5-10/h1-6,8-9H. The Hall–Kier alpha value is -2.16. The largest absolute Gasteiger partial charge is 0.270 e. The number of non-ortho nitro benzene ring substituents is 1. The zero-order valence-corrected chi connectivity index (χ0v) is 7.88. The lowest BCUT2D eigenvalue weighted by atomic mass is 10.1. The van der Waals surface area contributed by atoms with Gasteiger partial charge in [-0.05, 0) is 23.3 Å². The summed E-state index contributed by atoms with van der Waals surface area (Å²) in [5.41, 5.74) is 1.93. The van der Waals surface area contributed by atoms with Crippen LogP contribution < -0.4 is 0 Å². The number of benzene rings is 2. The van der Waals surface area contributed by atoms with Crippen molar-refractivity contribution in [3.05, 3.63) is 64.7 Å². The summed E-state index contributed by atoms with van der Waals surface area (Å²) in [4.78, 5) is 10.0. The maximum absolute atomic E-state index is 10.4. The number of nitro groups is 1. The summed E-state index contributed by atoms with van der Waals surface area (Å²) in [6, 6.07) is 17.1. The molecular formula is C12H8NO2. The van der Waals surface area contributed by atoms with E-state index < -0.39 is 4.92 Å². The molecule has 0 aliphatic rings. The Labute approximate surface area is 87.1 Å². The summed E-state index contributed by atoms with van der Waals surface area (Å²) in [5, 5.41) is 10.4. The highest BCUT2D eigenvalue weighted by Crippen LogP contribution is 2.20. The van der Waals surface area contributed by atoms with E-state index in [4.69, 9.17) is 0 Å². The third-order valence-corrected chi connectivity index (χ3v) is 2.09. The minimum Gasteiger partial charge on any atom is -0.258 e. The fourth-order valence-electron chi connectivity index (χ4n) is 1.33. The van der Waals surface area contributed by atoms with Gasteiger partial charge in [-0.2, -0.15) is 0 Å². The number of hydrogen-bond donors (Lipinski definition) is 0. The van der Waals surface area contributed by atoms with Crippen molar-refractivity contribution in [2.45, 2.75) is 0 Å². The molecule has 0 saturated heterocycles. The van der Waals surface area contributed by atoms with Gasteiger partial charge in [0.25, 0.3) is 5.69 Å². The Morgan fingerprint density at radius 3 is 2.33 bits per heavy atom. The lowest BCUT2D eigenvalue weighted by molar-refractivity contribution is -0.384.